The van der Waals surface area contributed by atoms with Gasteiger partial charge in [-0.15, -0.1) is 0 Å². The molecule has 8 nitrogen and oxygen atoms in total. The number of hydrogen-bond acceptors (Lipinski definition) is 6. The summed E-state index contributed by atoms with van der Waals surface area (Å²) in [6, 6.07) is 9.48. The maximum absolute atomic E-state index is 13.3. The molecule has 0 spiro atoms. The minimum absolute atomic E-state index is 0.110. The second-order valence-corrected chi connectivity index (χ2v) is 10.9. The molecule has 188 valence electrons. The molecule has 0 radical (unpaired) electrons. The number of ketones is 1. The second-order valence-electron chi connectivity index (χ2n) is 10.9. The number of nitrogens with one attached hydrogen (secondary N) is 1. The Bertz CT molecular complexity index is 1290. The zero-order valence-corrected chi connectivity index (χ0v) is 20.8. The number of amides is 1. The van der Waals surface area contributed by atoms with Crippen molar-refractivity contribution in [3.8, 4) is 5.69 Å². The molecular formula is C28H33N5O3. The van der Waals surface area contributed by atoms with Gasteiger partial charge >= 0.3 is 0 Å². The first-order chi connectivity index (χ1) is 17.2. The number of aliphatic hydroxyl groups is 1. The predicted octanol–water partition coefficient (Wildman–Crippen LogP) is 3.83. The molecule has 5 rings (SSSR count). The van der Waals surface area contributed by atoms with Gasteiger partial charge in [-0.25, -0.2) is 4.68 Å². The molecule has 1 amide bonds. The minimum atomic E-state index is -0.504. The van der Waals surface area contributed by atoms with Crippen LogP contribution in [0.3, 0.4) is 0 Å². The van der Waals surface area contributed by atoms with Crippen LogP contribution in [-0.2, 0) is 12.8 Å². The summed E-state index contributed by atoms with van der Waals surface area (Å²) in [5, 5.41) is 18.3. The van der Waals surface area contributed by atoms with E-state index < -0.39 is 5.91 Å². The van der Waals surface area contributed by atoms with Crippen LogP contribution < -0.4 is 11.1 Å². The molecule has 2 aliphatic rings. The van der Waals surface area contributed by atoms with Gasteiger partial charge in [0.15, 0.2) is 5.78 Å². The number of Topliss-reactive ketones (excluding diaryl/α,β-unsaturated/α-hetero) is 1. The minimum Gasteiger partial charge on any atom is -0.393 e. The van der Waals surface area contributed by atoms with Gasteiger partial charge in [-0.1, -0.05) is 19.9 Å². The zero-order valence-electron chi connectivity index (χ0n) is 20.8. The maximum atomic E-state index is 13.3. The predicted molar refractivity (Wildman–Crippen MR) is 137 cm³/mol. The summed E-state index contributed by atoms with van der Waals surface area (Å²) in [5.74, 6) is -0.393. The first-order valence-electron chi connectivity index (χ1n) is 12.6. The van der Waals surface area contributed by atoms with Crippen LogP contribution >= 0.6 is 0 Å². The fourth-order valence-corrected chi connectivity index (χ4v) is 5.50. The number of nitrogens with zero attached hydrogens (tertiary/aromatic N) is 3. The molecule has 8 heteroatoms. The topological polar surface area (TPSA) is 123 Å². The highest BCUT2D eigenvalue weighted by Crippen LogP contribution is 2.38. The van der Waals surface area contributed by atoms with Crippen LogP contribution in [0.1, 0.15) is 83.6 Å². The summed E-state index contributed by atoms with van der Waals surface area (Å²) < 4.78 is 1.86. The van der Waals surface area contributed by atoms with Crippen molar-refractivity contribution in [3.63, 3.8) is 0 Å². The summed E-state index contributed by atoms with van der Waals surface area (Å²) >= 11 is 0. The van der Waals surface area contributed by atoms with Crippen molar-refractivity contribution in [3.05, 3.63) is 70.8 Å². The summed E-state index contributed by atoms with van der Waals surface area (Å²) in [6.07, 6.45) is 8.07. The average Bonchev–Trinajstić information content (AvgIpc) is 3.18. The number of anilines is 1. The van der Waals surface area contributed by atoms with Crippen LogP contribution in [0.5, 0.6) is 0 Å². The number of aromatic nitrogens is 3. The summed E-state index contributed by atoms with van der Waals surface area (Å²) in [6.45, 7) is 4.21. The molecule has 1 fully saturated rings. The second kappa shape index (κ2) is 9.50. The smallest absolute Gasteiger partial charge is 0.250 e. The number of primary amides is 1. The summed E-state index contributed by atoms with van der Waals surface area (Å²) in [5.41, 5.74) is 10.7. The molecule has 3 aromatic rings. The first-order valence-corrected chi connectivity index (χ1v) is 12.6. The molecule has 0 unspecified atom stereocenters. The molecule has 4 N–H and O–H groups in total. The van der Waals surface area contributed by atoms with Crippen LogP contribution in [0.4, 0.5) is 5.69 Å². The lowest BCUT2D eigenvalue weighted by molar-refractivity contribution is 0.0909. The van der Waals surface area contributed by atoms with Crippen molar-refractivity contribution >= 4 is 17.4 Å². The Balaban J connectivity index is 1.57. The van der Waals surface area contributed by atoms with E-state index in [2.05, 4.69) is 24.1 Å². The zero-order chi connectivity index (χ0) is 25.4. The Hall–Kier alpha value is -3.52. The van der Waals surface area contributed by atoms with Gasteiger partial charge in [0.25, 0.3) is 5.91 Å². The quantitative estimate of drug-likeness (QED) is 0.486. The van der Waals surface area contributed by atoms with E-state index >= 15 is 0 Å². The Kier molecular flexibility index (Phi) is 6.38. The van der Waals surface area contributed by atoms with Gasteiger partial charge in [-0.3, -0.25) is 14.6 Å². The van der Waals surface area contributed by atoms with Gasteiger partial charge in [0.1, 0.15) is 0 Å². The van der Waals surface area contributed by atoms with Crippen molar-refractivity contribution < 1.29 is 14.7 Å². The third kappa shape index (κ3) is 4.91. The number of carbonyl (C=O) groups excluding carboxylic acids is 2. The lowest BCUT2D eigenvalue weighted by atomic mass is 9.75. The Morgan fingerprint density at radius 1 is 1.19 bits per heavy atom. The molecular weight excluding hydrogens is 454 g/mol. The number of fused-ring (bicyclic) bond motifs is 1. The van der Waals surface area contributed by atoms with Gasteiger partial charge in [0, 0.05) is 37.0 Å². The van der Waals surface area contributed by atoms with E-state index in [4.69, 9.17) is 10.8 Å². The van der Waals surface area contributed by atoms with Crippen molar-refractivity contribution in [2.24, 2.45) is 11.1 Å². The molecule has 36 heavy (non-hydrogen) atoms. The molecule has 2 aromatic heterocycles. The lowest BCUT2D eigenvalue weighted by Crippen LogP contribution is -2.29. The number of benzene rings is 1. The van der Waals surface area contributed by atoms with E-state index in [-0.39, 0.29) is 23.3 Å². The van der Waals surface area contributed by atoms with Crippen LogP contribution in [0, 0.1) is 5.41 Å². The Morgan fingerprint density at radius 2 is 1.97 bits per heavy atom. The highest BCUT2D eigenvalue weighted by molar-refractivity contribution is 6.00. The fourth-order valence-electron chi connectivity index (χ4n) is 5.50. The molecule has 1 aromatic carbocycles. The van der Waals surface area contributed by atoms with Crippen LogP contribution in [0.25, 0.3) is 5.69 Å². The molecule has 0 aliphatic heterocycles. The van der Waals surface area contributed by atoms with Crippen LogP contribution in [-0.4, -0.2) is 43.7 Å². The largest absolute Gasteiger partial charge is 0.393 e. The van der Waals surface area contributed by atoms with Gasteiger partial charge in [-0.05, 0) is 67.3 Å². The lowest BCUT2D eigenvalue weighted by Gasteiger charge is -2.29. The number of pyridine rings is 1. The highest BCUT2D eigenvalue weighted by atomic mass is 16.3. The van der Waals surface area contributed by atoms with Crippen molar-refractivity contribution in [2.75, 3.05) is 5.32 Å². The Morgan fingerprint density at radius 3 is 2.67 bits per heavy atom. The van der Waals surface area contributed by atoms with Crippen molar-refractivity contribution in [2.45, 2.75) is 70.9 Å². The van der Waals surface area contributed by atoms with Crippen LogP contribution in [0.15, 0.2) is 42.7 Å². The molecule has 0 saturated heterocycles. The summed E-state index contributed by atoms with van der Waals surface area (Å²) in [7, 11) is 0. The number of carbonyl (C=O) groups is 2. The maximum Gasteiger partial charge on any atom is 0.250 e. The van der Waals surface area contributed by atoms with E-state index in [1.165, 1.54) is 0 Å². The van der Waals surface area contributed by atoms with E-state index in [0.29, 0.717) is 29.7 Å². The molecule has 2 heterocycles. The van der Waals surface area contributed by atoms with Crippen molar-refractivity contribution in [1.29, 1.82) is 0 Å². The molecule has 0 bridgehead atoms. The first kappa shape index (κ1) is 24.2. The number of rotatable bonds is 6. The third-order valence-electron chi connectivity index (χ3n) is 7.28. The highest BCUT2D eigenvalue weighted by Gasteiger charge is 2.36. The van der Waals surface area contributed by atoms with Gasteiger partial charge in [0.05, 0.1) is 34.3 Å². The average molecular weight is 488 g/mol. The standard InChI is InChI=1S/C28H33N5O3/c1-28(2)14-24-26(25(35)15-28)23(12-17-4-3-11-30-16-17)32-33(24)19-7-10-21(27(29)36)22(13-19)31-18-5-8-20(34)9-6-18/h3-4,7,10-11,13,16,18,20,31,34H,5-6,8-9,12,14-15H2,1-2H3,(H2,29,36)/t18-,20-. The van der Waals surface area contributed by atoms with Gasteiger partial charge in [0.2, 0.25) is 0 Å². The third-order valence-corrected chi connectivity index (χ3v) is 7.28. The van der Waals surface area contributed by atoms with Crippen LogP contribution in [0.2, 0.25) is 0 Å². The molecule has 1 saturated carbocycles. The molecule has 0 atom stereocenters. The van der Waals surface area contributed by atoms with E-state index in [1.807, 2.05) is 28.9 Å². The Labute approximate surface area is 210 Å². The van der Waals surface area contributed by atoms with E-state index in [9.17, 15) is 14.7 Å². The number of nitrogens with two attached hydrogens (primary N) is 1. The van der Waals surface area contributed by atoms with E-state index in [0.717, 1.165) is 54.7 Å². The van der Waals surface area contributed by atoms with Gasteiger partial charge < -0.3 is 16.2 Å². The van der Waals surface area contributed by atoms with Gasteiger partial charge in [-0.2, -0.15) is 5.10 Å². The SMILES string of the molecule is CC1(C)CC(=O)c2c(Cc3cccnc3)nn(-c3ccc(C(N)=O)c(N[C@H]4CC[C@H](O)CC4)c3)c2C1. The monoisotopic (exact) mass is 487 g/mol. The number of aliphatic hydroxyl groups excluding tert-OH is 1. The number of hydrogen-bond donors (Lipinski definition) is 3. The van der Waals surface area contributed by atoms with E-state index in [1.54, 1.807) is 18.5 Å². The summed E-state index contributed by atoms with van der Waals surface area (Å²) in [4.78, 5) is 29.7. The fraction of sp³-hybridized carbons (Fsp3) is 0.429. The molecule has 2 aliphatic carbocycles. The van der Waals surface area contributed by atoms with Crippen molar-refractivity contribution in [1.82, 2.24) is 14.8 Å². The normalized spacial score (nSPS) is 21.1.